The third kappa shape index (κ3) is 6.15. The van der Waals surface area contributed by atoms with E-state index in [1.165, 1.54) is 0 Å². The predicted octanol–water partition coefficient (Wildman–Crippen LogP) is 4.81. The van der Waals surface area contributed by atoms with Crippen LogP contribution in [0.25, 0.3) is 0 Å². The molecule has 1 fully saturated rings. The third-order valence-electron chi connectivity index (χ3n) is 6.53. The van der Waals surface area contributed by atoms with Crippen LogP contribution in [-0.4, -0.2) is 56.2 Å². The molecule has 156 valence electrons. The Hall–Kier alpha value is -0.680. The van der Waals surface area contributed by atoms with Crippen LogP contribution < -0.4 is 0 Å². The van der Waals surface area contributed by atoms with Gasteiger partial charge in [-0.15, -0.1) is 6.58 Å². The van der Waals surface area contributed by atoms with Crippen LogP contribution in [-0.2, 0) is 14.2 Å². The van der Waals surface area contributed by atoms with E-state index >= 15 is 0 Å². The first-order valence-electron chi connectivity index (χ1n) is 10.7. The zero-order valence-corrected chi connectivity index (χ0v) is 18.3. The Morgan fingerprint density at radius 1 is 1.41 bits per heavy atom. The van der Waals surface area contributed by atoms with E-state index in [1.54, 1.807) is 5.57 Å². The summed E-state index contributed by atoms with van der Waals surface area (Å²) in [6.07, 6.45) is 8.48. The lowest BCUT2D eigenvalue weighted by molar-refractivity contribution is -0.174. The Morgan fingerprint density at radius 3 is 2.78 bits per heavy atom. The van der Waals surface area contributed by atoms with Crippen LogP contribution in [0.3, 0.4) is 0 Å². The summed E-state index contributed by atoms with van der Waals surface area (Å²) in [5.74, 6) is 0.263. The molecule has 4 heteroatoms. The number of hydrogen-bond acceptors (Lipinski definition) is 4. The van der Waals surface area contributed by atoms with Crippen LogP contribution in [0.1, 0.15) is 60.3 Å². The van der Waals surface area contributed by atoms with Crippen molar-refractivity contribution in [2.75, 3.05) is 39.5 Å². The van der Waals surface area contributed by atoms with Gasteiger partial charge in [0.2, 0.25) is 0 Å². The Labute approximate surface area is 166 Å². The van der Waals surface area contributed by atoms with E-state index in [0.29, 0.717) is 12.5 Å². The Balaban J connectivity index is 1.82. The molecular formula is C23H41NO3. The molecule has 0 N–H and O–H groups in total. The molecular weight excluding hydrogens is 338 g/mol. The fraction of sp³-hybridized carbons (Fsp3) is 0.826. The van der Waals surface area contributed by atoms with E-state index < -0.39 is 0 Å². The normalized spacial score (nSPS) is 26.2. The number of rotatable bonds is 11. The van der Waals surface area contributed by atoms with Crippen molar-refractivity contribution >= 4 is 0 Å². The second kappa shape index (κ2) is 10.2. The molecule has 0 aromatic heterocycles. The summed E-state index contributed by atoms with van der Waals surface area (Å²) in [4.78, 5) is 2.38. The molecule has 0 aromatic carbocycles. The van der Waals surface area contributed by atoms with E-state index in [-0.39, 0.29) is 17.3 Å². The lowest BCUT2D eigenvalue weighted by Gasteiger charge is -2.39. The minimum absolute atomic E-state index is 0.192. The average molecular weight is 380 g/mol. The molecule has 1 spiro atoms. The summed E-state index contributed by atoms with van der Waals surface area (Å²) in [6, 6.07) is 0. The summed E-state index contributed by atoms with van der Waals surface area (Å²) in [6.45, 7) is 20.3. The molecule has 0 saturated carbocycles. The number of allylic oxidation sites excluding steroid dienone is 1. The number of ether oxygens (including phenoxy) is 3. The van der Waals surface area contributed by atoms with Crippen molar-refractivity contribution < 1.29 is 14.2 Å². The van der Waals surface area contributed by atoms with Crippen LogP contribution in [0, 0.1) is 11.3 Å². The van der Waals surface area contributed by atoms with Gasteiger partial charge in [0.25, 0.3) is 0 Å². The van der Waals surface area contributed by atoms with Crippen LogP contribution in [0.2, 0.25) is 0 Å². The maximum Gasteiger partial charge on any atom is 0.172 e. The second-order valence-electron chi connectivity index (χ2n) is 8.85. The molecule has 1 aliphatic carbocycles. The Morgan fingerprint density at radius 2 is 2.19 bits per heavy atom. The van der Waals surface area contributed by atoms with Crippen molar-refractivity contribution in [1.29, 1.82) is 0 Å². The first kappa shape index (κ1) is 22.6. The summed E-state index contributed by atoms with van der Waals surface area (Å²) < 4.78 is 18.1. The van der Waals surface area contributed by atoms with Crippen molar-refractivity contribution in [3.8, 4) is 0 Å². The maximum absolute atomic E-state index is 6.41. The van der Waals surface area contributed by atoms with Crippen molar-refractivity contribution in [1.82, 2.24) is 4.90 Å². The lowest BCUT2D eigenvalue weighted by atomic mass is 9.70. The quantitative estimate of drug-likeness (QED) is 0.381. The van der Waals surface area contributed by atoms with Crippen molar-refractivity contribution in [3.05, 3.63) is 24.3 Å². The molecule has 2 rings (SSSR count). The zero-order valence-electron chi connectivity index (χ0n) is 18.3. The summed E-state index contributed by atoms with van der Waals surface area (Å²) in [7, 11) is 0. The highest BCUT2D eigenvalue weighted by Crippen LogP contribution is 2.45. The van der Waals surface area contributed by atoms with Gasteiger partial charge in [-0.3, -0.25) is 4.90 Å². The van der Waals surface area contributed by atoms with E-state index in [1.807, 2.05) is 13.0 Å². The van der Waals surface area contributed by atoms with Crippen LogP contribution in [0.15, 0.2) is 24.3 Å². The van der Waals surface area contributed by atoms with E-state index in [2.05, 4.69) is 45.2 Å². The van der Waals surface area contributed by atoms with Gasteiger partial charge in [0.05, 0.1) is 19.3 Å². The van der Waals surface area contributed by atoms with Gasteiger partial charge in [0.1, 0.15) is 0 Å². The molecule has 0 amide bonds. The highest BCUT2D eigenvalue weighted by atomic mass is 16.7. The Kier molecular flexibility index (Phi) is 8.54. The molecule has 27 heavy (non-hydrogen) atoms. The van der Waals surface area contributed by atoms with Gasteiger partial charge < -0.3 is 14.2 Å². The standard InChI is InChI=1S/C23H41NO3/c1-7-14-24(16-17-25-8-2)15-11-21-18-26-23(27-21)12-9-20(10-13-23)22(5,6)19(3)4/h7,9,19,21H,1,8,10-18H2,2-6H3. The topological polar surface area (TPSA) is 30.9 Å². The first-order chi connectivity index (χ1) is 12.8. The molecule has 2 atom stereocenters. The lowest BCUT2D eigenvalue weighted by Crippen LogP contribution is -2.36. The van der Waals surface area contributed by atoms with Gasteiger partial charge in [-0.25, -0.2) is 0 Å². The average Bonchev–Trinajstić information content (AvgIpc) is 3.02. The van der Waals surface area contributed by atoms with Gasteiger partial charge in [0.15, 0.2) is 5.79 Å². The minimum atomic E-state index is -0.379. The van der Waals surface area contributed by atoms with Gasteiger partial charge in [-0.2, -0.15) is 0 Å². The SMILES string of the molecule is C=CCN(CCOCC)CCC1COC2(CC=C(C(C)(C)C(C)C)CC2)O1. The van der Waals surface area contributed by atoms with Crippen molar-refractivity contribution in [3.63, 3.8) is 0 Å². The fourth-order valence-corrected chi connectivity index (χ4v) is 3.90. The third-order valence-corrected chi connectivity index (χ3v) is 6.53. The van der Waals surface area contributed by atoms with Gasteiger partial charge in [-0.1, -0.05) is 45.4 Å². The van der Waals surface area contributed by atoms with E-state index in [0.717, 1.165) is 58.5 Å². The molecule has 4 nitrogen and oxygen atoms in total. The molecule has 1 heterocycles. The summed E-state index contributed by atoms with van der Waals surface area (Å²) in [5.41, 5.74) is 1.82. The number of hydrogen-bond donors (Lipinski definition) is 0. The Bertz CT molecular complexity index is 500. The van der Waals surface area contributed by atoms with Gasteiger partial charge in [0, 0.05) is 39.1 Å². The van der Waals surface area contributed by atoms with Gasteiger partial charge in [-0.05, 0) is 31.1 Å². The predicted molar refractivity (Wildman–Crippen MR) is 112 cm³/mol. The maximum atomic E-state index is 6.41. The minimum Gasteiger partial charge on any atom is -0.380 e. The molecule has 2 unspecified atom stereocenters. The van der Waals surface area contributed by atoms with Crippen LogP contribution in [0.4, 0.5) is 0 Å². The van der Waals surface area contributed by atoms with E-state index in [9.17, 15) is 0 Å². The molecule has 2 aliphatic rings. The van der Waals surface area contributed by atoms with Crippen molar-refractivity contribution in [2.45, 2.75) is 72.2 Å². The van der Waals surface area contributed by atoms with Crippen LogP contribution in [0.5, 0.6) is 0 Å². The molecule has 0 bridgehead atoms. The van der Waals surface area contributed by atoms with Crippen molar-refractivity contribution in [2.24, 2.45) is 11.3 Å². The summed E-state index contributed by atoms with van der Waals surface area (Å²) >= 11 is 0. The first-order valence-corrected chi connectivity index (χ1v) is 10.7. The zero-order chi connectivity index (χ0) is 19.9. The molecule has 1 aliphatic heterocycles. The number of nitrogens with zero attached hydrogens (tertiary/aromatic N) is 1. The molecule has 0 aromatic rings. The van der Waals surface area contributed by atoms with Gasteiger partial charge >= 0.3 is 0 Å². The fourth-order valence-electron chi connectivity index (χ4n) is 3.90. The second-order valence-corrected chi connectivity index (χ2v) is 8.85. The highest BCUT2D eigenvalue weighted by Gasteiger charge is 2.43. The van der Waals surface area contributed by atoms with E-state index in [4.69, 9.17) is 14.2 Å². The largest absolute Gasteiger partial charge is 0.380 e. The molecule has 1 saturated heterocycles. The highest BCUT2D eigenvalue weighted by molar-refractivity contribution is 5.18. The molecule has 0 radical (unpaired) electrons. The monoisotopic (exact) mass is 379 g/mol. The van der Waals surface area contributed by atoms with Crippen LogP contribution >= 0.6 is 0 Å². The summed E-state index contributed by atoms with van der Waals surface area (Å²) in [5, 5.41) is 0. The smallest absolute Gasteiger partial charge is 0.172 e.